The van der Waals surface area contributed by atoms with Gasteiger partial charge in [-0.25, -0.2) is 0 Å². The molecule has 3 heteroatoms. The first kappa shape index (κ1) is 14.7. The van der Waals surface area contributed by atoms with Crippen LogP contribution in [-0.2, 0) is 0 Å². The van der Waals surface area contributed by atoms with Crippen LogP contribution in [0.1, 0.15) is 25.7 Å². The highest BCUT2D eigenvalue weighted by Gasteiger charge is 2.12. The quantitative estimate of drug-likeness (QED) is 0.837. The molecule has 0 aromatic heterocycles. The molecule has 1 saturated heterocycles. The Bertz CT molecular complexity index is 593. The molecule has 1 aliphatic rings. The Hall–Kier alpha value is -1.25. The lowest BCUT2D eigenvalue weighted by Crippen LogP contribution is -3.12. The van der Waals surface area contributed by atoms with Gasteiger partial charge in [-0.1, -0.05) is 35.9 Å². The molecule has 1 heterocycles. The smallest absolute Gasteiger partial charge is 0.127 e. The molecular formula is C18H23ClNO+. The number of nitrogens with one attached hydrogen (secondary N) is 1. The number of halogens is 1. The van der Waals surface area contributed by atoms with Crippen LogP contribution in [0.4, 0.5) is 0 Å². The molecule has 2 aromatic rings. The zero-order chi connectivity index (χ0) is 14.5. The highest BCUT2D eigenvalue weighted by molar-refractivity contribution is 6.35. The molecule has 0 atom stereocenters. The van der Waals surface area contributed by atoms with Crippen LogP contribution in [0.15, 0.2) is 36.4 Å². The van der Waals surface area contributed by atoms with Gasteiger partial charge < -0.3 is 9.64 Å². The zero-order valence-corrected chi connectivity index (χ0v) is 13.2. The van der Waals surface area contributed by atoms with Gasteiger partial charge in [-0.15, -0.1) is 0 Å². The first-order valence-electron chi connectivity index (χ1n) is 7.98. The van der Waals surface area contributed by atoms with Gasteiger partial charge in [-0.05, 0) is 31.4 Å². The van der Waals surface area contributed by atoms with E-state index in [2.05, 4.69) is 6.07 Å². The first-order chi connectivity index (χ1) is 10.3. The third-order valence-corrected chi connectivity index (χ3v) is 4.65. The van der Waals surface area contributed by atoms with Crippen LogP contribution in [0, 0.1) is 0 Å². The molecule has 21 heavy (non-hydrogen) atoms. The van der Waals surface area contributed by atoms with E-state index in [0.717, 1.165) is 34.6 Å². The van der Waals surface area contributed by atoms with Gasteiger partial charge in [0.1, 0.15) is 5.75 Å². The summed E-state index contributed by atoms with van der Waals surface area (Å²) in [5.74, 6) is 0.948. The molecule has 2 nitrogen and oxygen atoms in total. The fourth-order valence-electron chi connectivity index (χ4n) is 3.17. The average molecular weight is 305 g/mol. The van der Waals surface area contributed by atoms with Gasteiger partial charge in [0.25, 0.3) is 0 Å². The van der Waals surface area contributed by atoms with E-state index in [1.807, 2.05) is 30.3 Å². The Morgan fingerprint density at radius 3 is 2.52 bits per heavy atom. The second-order valence-electron chi connectivity index (χ2n) is 5.85. The Morgan fingerprint density at radius 2 is 1.71 bits per heavy atom. The van der Waals surface area contributed by atoms with Crippen molar-refractivity contribution < 1.29 is 9.64 Å². The van der Waals surface area contributed by atoms with Gasteiger partial charge in [-0.2, -0.15) is 0 Å². The van der Waals surface area contributed by atoms with E-state index in [9.17, 15) is 0 Å². The van der Waals surface area contributed by atoms with Gasteiger partial charge in [0.05, 0.1) is 26.2 Å². The van der Waals surface area contributed by atoms with E-state index >= 15 is 0 Å². The molecule has 3 rings (SSSR count). The fourth-order valence-corrected chi connectivity index (χ4v) is 3.39. The number of fused-ring (bicyclic) bond motifs is 1. The minimum absolute atomic E-state index is 0.787. The van der Waals surface area contributed by atoms with Crippen molar-refractivity contribution in [2.45, 2.75) is 25.7 Å². The number of hydrogen-bond acceptors (Lipinski definition) is 1. The molecule has 2 aromatic carbocycles. The lowest BCUT2D eigenvalue weighted by molar-refractivity contribution is -0.905. The van der Waals surface area contributed by atoms with Gasteiger partial charge in [-0.3, -0.25) is 0 Å². The monoisotopic (exact) mass is 304 g/mol. The fraction of sp³-hybridized carbons (Fsp3) is 0.444. The SMILES string of the molecule is Clc1ccc(OCCC[NH+]2CCCCC2)c2ccccc12. The van der Waals surface area contributed by atoms with Gasteiger partial charge in [0.2, 0.25) is 0 Å². The summed E-state index contributed by atoms with van der Waals surface area (Å²) < 4.78 is 5.99. The van der Waals surface area contributed by atoms with Crippen molar-refractivity contribution >= 4 is 22.4 Å². The van der Waals surface area contributed by atoms with Crippen LogP contribution >= 0.6 is 11.6 Å². The number of likely N-dealkylation sites (tertiary alicyclic amines) is 1. The third-order valence-electron chi connectivity index (χ3n) is 4.32. The van der Waals surface area contributed by atoms with Crippen molar-refractivity contribution in [2.75, 3.05) is 26.2 Å². The number of benzene rings is 2. The molecule has 0 bridgehead atoms. The van der Waals surface area contributed by atoms with Crippen molar-refractivity contribution in [3.63, 3.8) is 0 Å². The number of hydrogen-bond donors (Lipinski definition) is 1. The summed E-state index contributed by atoms with van der Waals surface area (Å²) in [6, 6.07) is 12.1. The van der Waals surface area contributed by atoms with E-state index in [0.29, 0.717) is 0 Å². The highest BCUT2D eigenvalue weighted by Crippen LogP contribution is 2.31. The maximum atomic E-state index is 6.23. The first-order valence-corrected chi connectivity index (χ1v) is 8.36. The van der Waals surface area contributed by atoms with Crippen molar-refractivity contribution in [3.8, 4) is 5.75 Å². The predicted octanol–water partition coefficient (Wildman–Crippen LogP) is 3.33. The van der Waals surface area contributed by atoms with E-state index < -0.39 is 0 Å². The lowest BCUT2D eigenvalue weighted by atomic mass is 10.1. The van der Waals surface area contributed by atoms with Crippen LogP contribution < -0.4 is 9.64 Å². The Morgan fingerprint density at radius 1 is 0.952 bits per heavy atom. The number of rotatable bonds is 5. The highest BCUT2D eigenvalue weighted by atomic mass is 35.5. The Labute approximate surface area is 131 Å². The summed E-state index contributed by atoms with van der Waals surface area (Å²) in [6.07, 6.45) is 5.30. The second kappa shape index (κ2) is 7.15. The van der Waals surface area contributed by atoms with Gasteiger partial charge in [0.15, 0.2) is 0 Å². The molecule has 0 saturated carbocycles. The van der Waals surface area contributed by atoms with Crippen LogP contribution in [0.5, 0.6) is 5.75 Å². The average Bonchev–Trinajstić information content (AvgIpc) is 2.55. The number of piperidine rings is 1. The minimum Gasteiger partial charge on any atom is -0.493 e. The van der Waals surface area contributed by atoms with Gasteiger partial charge >= 0.3 is 0 Å². The topological polar surface area (TPSA) is 13.7 Å². The minimum atomic E-state index is 0.787. The Kier molecular flexibility index (Phi) is 5.00. The van der Waals surface area contributed by atoms with E-state index in [1.54, 1.807) is 4.90 Å². The van der Waals surface area contributed by atoms with Crippen LogP contribution in [0.3, 0.4) is 0 Å². The summed E-state index contributed by atoms with van der Waals surface area (Å²) in [5, 5.41) is 2.96. The Balaban J connectivity index is 1.57. The summed E-state index contributed by atoms with van der Waals surface area (Å²) in [4.78, 5) is 1.74. The third kappa shape index (κ3) is 3.69. The standard InChI is InChI=1S/C18H22ClNO/c19-17-9-10-18(16-8-3-2-7-15(16)17)21-14-6-13-20-11-4-1-5-12-20/h2-3,7-10H,1,4-6,11-14H2/p+1. The van der Waals surface area contributed by atoms with Gasteiger partial charge in [0, 0.05) is 22.2 Å². The van der Waals surface area contributed by atoms with E-state index in [4.69, 9.17) is 16.3 Å². The molecule has 0 amide bonds. The second-order valence-corrected chi connectivity index (χ2v) is 6.26. The molecule has 0 aliphatic carbocycles. The van der Waals surface area contributed by atoms with E-state index in [-0.39, 0.29) is 0 Å². The van der Waals surface area contributed by atoms with E-state index in [1.165, 1.54) is 38.9 Å². The van der Waals surface area contributed by atoms with Crippen molar-refractivity contribution in [1.82, 2.24) is 0 Å². The largest absolute Gasteiger partial charge is 0.493 e. The van der Waals surface area contributed by atoms with Crippen molar-refractivity contribution in [2.24, 2.45) is 0 Å². The summed E-state index contributed by atoms with van der Waals surface area (Å²) >= 11 is 6.23. The van der Waals surface area contributed by atoms with Crippen molar-refractivity contribution in [3.05, 3.63) is 41.4 Å². The molecule has 0 radical (unpaired) electrons. The van der Waals surface area contributed by atoms with Crippen LogP contribution in [-0.4, -0.2) is 26.2 Å². The zero-order valence-electron chi connectivity index (χ0n) is 12.4. The normalized spacial score (nSPS) is 16.2. The molecule has 1 aliphatic heterocycles. The summed E-state index contributed by atoms with van der Waals surface area (Å²) in [5.41, 5.74) is 0. The molecular weight excluding hydrogens is 282 g/mol. The summed E-state index contributed by atoms with van der Waals surface area (Å²) in [7, 11) is 0. The molecule has 1 N–H and O–H groups in total. The van der Waals surface area contributed by atoms with Crippen LogP contribution in [0.2, 0.25) is 5.02 Å². The summed E-state index contributed by atoms with van der Waals surface area (Å²) in [6.45, 7) is 4.69. The molecule has 0 spiro atoms. The molecule has 112 valence electrons. The maximum Gasteiger partial charge on any atom is 0.127 e. The van der Waals surface area contributed by atoms with Crippen molar-refractivity contribution in [1.29, 1.82) is 0 Å². The number of ether oxygens (including phenoxy) is 1. The predicted molar refractivity (Wildman–Crippen MR) is 88.5 cm³/mol. The maximum absolute atomic E-state index is 6.23. The lowest BCUT2D eigenvalue weighted by Gasteiger charge is -2.23. The number of quaternary nitrogens is 1. The molecule has 0 unspecified atom stereocenters. The van der Waals surface area contributed by atoms with Crippen LogP contribution in [0.25, 0.3) is 10.8 Å². The molecule has 1 fully saturated rings.